The van der Waals surface area contributed by atoms with Crippen molar-refractivity contribution in [3.8, 4) is 0 Å². The predicted octanol–water partition coefficient (Wildman–Crippen LogP) is 2.78. The van der Waals surface area contributed by atoms with E-state index in [1.165, 1.54) is 16.4 Å². The highest BCUT2D eigenvalue weighted by atomic mass is 32.2. The fourth-order valence-corrected chi connectivity index (χ4v) is 4.52. The van der Waals surface area contributed by atoms with Crippen LogP contribution in [0.1, 0.15) is 11.1 Å². The summed E-state index contributed by atoms with van der Waals surface area (Å²) in [5.74, 6) is 1.02. The van der Waals surface area contributed by atoms with Crippen molar-refractivity contribution in [1.29, 1.82) is 0 Å². The molecule has 0 spiro atoms. The molecule has 1 atom stereocenters. The molecule has 112 valence electrons. The van der Waals surface area contributed by atoms with Crippen molar-refractivity contribution in [3.63, 3.8) is 0 Å². The maximum Gasteiger partial charge on any atom is 0.316 e. The largest absolute Gasteiger partial charge is 0.346 e. The number of benzene rings is 2. The van der Waals surface area contributed by atoms with Gasteiger partial charge in [-0.05, 0) is 30.3 Å². The number of aryl methyl sites for hydroxylation is 1. The molecule has 0 unspecified atom stereocenters. The smallest absolute Gasteiger partial charge is 0.316 e. The van der Waals surface area contributed by atoms with Gasteiger partial charge in [0, 0.05) is 11.3 Å². The van der Waals surface area contributed by atoms with Crippen LogP contribution >= 0.6 is 11.8 Å². The van der Waals surface area contributed by atoms with E-state index in [-0.39, 0.29) is 0 Å². The number of β-amino-alcohol motifs (C(OH)–C–C–N with tert-alkyl or cyclic N) is 1. The first-order chi connectivity index (χ1) is 10.7. The Morgan fingerprint density at radius 1 is 1.09 bits per heavy atom. The SMILES string of the molecule is Cc1ccccc1N1C[C@@](O)(c2ccccc2)[N+]2=C1SCC2. The summed E-state index contributed by atoms with van der Waals surface area (Å²) < 4.78 is 2.15. The molecule has 0 amide bonds. The Hall–Kier alpha value is -1.78. The topological polar surface area (TPSA) is 26.5 Å². The molecule has 0 saturated heterocycles. The lowest BCUT2D eigenvalue weighted by Gasteiger charge is -2.23. The number of thioether (sulfide) groups is 1. The number of hydrogen-bond donors (Lipinski definition) is 1. The van der Waals surface area contributed by atoms with Gasteiger partial charge in [-0.3, -0.25) is 0 Å². The van der Waals surface area contributed by atoms with Gasteiger partial charge in [0.15, 0.2) is 6.54 Å². The summed E-state index contributed by atoms with van der Waals surface area (Å²) in [6.45, 7) is 3.58. The number of rotatable bonds is 2. The van der Waals surface area contributed by atoms with E-state index in [4.69, 9.17) is 0 Å². The van der Waals surface area contributed by atoms with Gasteiger partial charge in [-0.15, -0.1) is 0 Å². The van der Waals surface area contributed by atoms with Crippen LogP contribution in [-0.4, -0.2) is 33.7 Å². The monoisotopic (exact) mass is 311 g/mol. The van der Waals surface area contributed by atoms with Gasteiger partial charge in [-0.2, -0.15) is 0 Å². The number of aliphatic hydroxyl groups is 1. The molecule has 3 nitrogen and oxygen atoms in total. The van der Waals surface area contributed by atoms with Crippen LogP contribution in [0.15, 0.2) is 54.6 Å². The molecule has 0 fully saturated rings. The summed E-state index contributed by atoms with van der Waals surface area (Å²) >= 11 is 1.83. The lowest BCUT2D eigenvalue weighted by molar-refractivity contribution is -0.650. The standard InChI is InChI=1S/C18H19N2OS/c1-14-7-5-6-10-16(14)19-13-18(21,15-8-3-2-4-9-15)20-11-12-22-17(19)20/h2-10,21H,11-13H2,1H3/q+1/t18-/m1/s1. The Balaban J connectivity index is 1.82. The van der Waals surface area contributed by atoms with E-state index in [1.807, 2.05) is 42.1 Å². The summed E-state index contributed by atoms with van der Waals surface area (Å²) in [5.41, 5.74) is 2.44. The molecule has 1 N–H and O–H groups in total. The third-order valence-electron chi connectivity index (χ3n) is 4.48. The Bertz CT molecular complexity index is 744. The first-order valence-corrected chi connectivity index (χ1v) is 8.57. The van der Waals surface area contributed by atoms with Crippen LogP contribution in [0.4, 0.5) is 5.69 Å². The van der Waals surface area contributed by atoms with Gasteiger partial charge in [0.05, 0.1) is 6.54 Å². The fourth-order valence-electron chi connectivity index (χ4n) is 3.35. The Kier molecular flexibility index (Phi) is 3.24. The number of para-hydroxylation sites is 1. The summed E-state index contributed by atoms with van der Waals surface area (Å²) in [6, 6.07) is 18.4. The average Bonchev–Trinajstić information content (AvgIpc) is 3.13. The third-order valence-corrected chi connectivity index (χ3v) is 5.56. The molecular weight excluding hydrogens is 292 g/mol. The molecule has 22 heavy (non-hydrogen) atoms. The number of nitrogens with zero attached hydrogens (tertiary/aromatic N) is 2. The minimum atomic E-state index is -0.942. The van der Waals surface area contributed by atoms with Crippen molar-refractivity contribution in [2.45, 2.75) is 12.6 Å². The van der Waals surface area contributed by atoms with E-state index >= 15 is 0 Å². The van der Waals surface area contributed by atoms with Gasteiger partial charge in [0.2, 0.25) is 0 Å². The minimum absolute atomic E-state index is 0.574. The second kappa shape index (κ2) is 5.14. The van der Waals surface area contributed by atoms with Crippen LogP contribution in [0.3, 0.4) is 0 Å². The zero-order valence-electron chi connectivity index (χ0n) is 12.6. The fraction of sp³-hybridized carbons (Fsp3) is 0.278. The van der Waals surface area contributed by atoms with Gasteiger partial charge in [-0.25, -0.2) is 9.48 Å². The molecule has 2 aliphatic heterocycles. The molecule has 2 aromatic carbocycles. The quantitative estimate of drug-likeness (QED) is 0.864. The highest BCUT2D eigenvalue weighted by molar-refractivity contribution is 8.14. The van der Waals surface area contributed by atoms with Crippen LogP contribution in [0.5, 0.6) is 0 Å². The summed E-state index contributed by atoms with van der Waals surface area (Å²) in [6.07, 6.45) is 0. The summed E-state index contributed by atoms with van der Waals surface area (Å²) in [5, 5.41) is 12.6. The molecule has 0 radical (unpaired) electrons. The van der Waals surface area contributed by atoms with Crippen molar-refractivity contribution < 1.29 is 9.68 Å². The lowest BCUT2D eigenvalue weighted by Crippen LogP contribution is -2.41. The van der Waals surface area contributed by atoms with Gasteiger partial charge >= 0.3 is 5.17 Å². The molecule has 2 aromatic rings. The first kappa shape index (κ1) is 13.9. The van der Waals surface area contributed by atoms with Crippen LogP contribution in [0, 0.1) is 6.92 Å². The zero-order chi connectivity index (χ0) is 15.2. The van der Waals surface area contributed by atoms with Crippen LogP contribution < -0.4 is 4.90 Å². The van der Waals surface area contributed by atoms with E-state index in [2.05, 4.69) is 40.7 Å². The molecule has 0 bridgehead atoms. The van der Waals surface area contributed by atoms with Crippen LogP contribution in [0.2, 0.25) is 0 Å². The van der Waals surface area contributed by atoms with Crippen LogP contribution in [0.25, 0.3) is 0 Å². The Morgan fingerprint density at radius 3 is 2.59 bits per heavy atom. The molecule has 2 aliphatic rings. The molecule has 2 heterocycles. The van der Waals surface area contributed by atoms with Gasteiger partial charge in [0.25, 0.3) is 5.72 Å². The maximum absolute atomic E-state index is 11.4. The van der Waals surface area contributed by atoms with Gasteiger partial charge in [-0.1, -0.05) is 48.5 Å². The van der Waals surface area contributed by atoms with Crippen LogP contribution in [-0.2, 0) is 5.72 Å². The number of amidine groups is 1. The molecular formula is C18H19N2OS+. The van der Waals surface area contributed by atoms with E-state index in [1.54, 1.807) is 0 Å². The lowest BCUT2D eigenvalue weighted by atomic mass is 10.0. The van der Waals surface area contributed by atoms with Crippen molar-refractivity contribution in [3.05, 3.63) is 65.7 Å². The molecule has 0 aromatic heterocycles. The Morgan fingerprint density at radius 2 is 1.82 bits per heavy atom. The number of hydrogen-bond acceptors (Lipinski definition) is 3. The maximum atomic E-state index is 11.4. The average molecular weight is 311 g/mol. The van der Waals surface area contributed by atoms with Gasteiger partial charge in [0.1, 0.15) is 5.69 Å². The van der Waals surface area contributed by atoms with Crippen molar-refractivity contribution in [1.82, 2.24) is 0 Å². The van der Waals surface area contributed by atoms with E-state index in [9.17, 15) is 5.11 Å². The number of anilines is 1. The van der Waals surface area contributed by atoms with Crippen molar-refractivity contribution in [2.24, 2.45) is 0 Å². The Labute approximate surface area is 134 Å². The van der Waals surface area contributed by atoms with Gasteiger partial charge < -0.3 is 5.11 Å². The third kappa shape index (κ3) is 1.98. The summed E-state index contributed by atoms with van der Waals surface area (Å²) in [7, 11) is 0. The van der Waals surface area contributed by atoms with Crippen molar-refractivity contribution in [2.75, 3.05) is 23.7 Å². The summed E-state index contributed by atoms with van der Waals surface area (Å²) in [4.78, 5) is 2.26. The highest BCUT2D eigenvalue weighted by Gasteiger charge is 2.54. The molecule has 0 aliphatic carbocycles. The zero-order valence-corrected chi connectivity index (χ0v) is 13.4. The second-order valence-electron chi connectivity index (χ2n) is 5.84. The van der Waals surface area contributed by atoms with E-state index in [0.29, 0.717) is 6.54 Å². The second-order valence-corrected chi connectivity index (χ2v) is 6.90. The normalized spacial score (nSPS) is 24.0. The highest BCUT2D eigenvalue weighted by Crippen LogP contribution is 2.38. The first-order valence-electron chi connectivity index (χ1n) is 7.58. The molecule has 0 saturated carbocycles. The van der Waals surface area contributed by atoms with Crippen molar-refractivity contribution >= 4 is 22.6 Å². The molecule has 4 rings (SSSR count). The predicted molar refractivity (Wildman–Crippen MR) is 91.5 cm³/mol. The van der Waals surface area contributed by atoms with E-state index in [0.717, 1.165) is 17.9 Å². The molecule has 4 heteroatoms. The van der Waals surface area contributed by atoms with E-state index < -0.39 is 5.72 Å². The minimum Gasteiger partial charge on any atom is -0.346 e.